The van der Waals surface area contributed by atoms with Crippen LogP contribution in [0.4, 0.5) is 0 Å². The Balaban J connectivity index is 2.58. The van der Waals surface area contributed by atoms with Gasteiger partial charge in [-0.15, -0.1) is 0 Å². The molecule has 4 nitrogen and oxygen atoms in total. The summed E-state index contributed by atoms with van der Waals surface area (Å²) in [6.07, 6.45) is -0.896. The van der Waals surface area contributed by atoms with Gasteiger partial charge in [-0.1, -0.05) is 18.2 Å². The third kappa shape index (κ3) is 3.59. The van der Waals surface area contributed by atoms with Gasteiger partial charge in [0.1, 0.15) is 5.75 Å². The van der Waals surface area contributed by atoms with Crippen molar-refractivity contribution in [2.45, 2.75) is 13.2 Å². The van der Waals surface area contributed by atoms with Gasteiger partial charge in [-0.2, -0.15) is 0 Å². The molecule has 0 fully saturated rings. The fraction of sp³-hybridized carbons (Fsp3) is 0.364. The molecule has 0 heterocycles. The molecule has 0 spiro atoms. The second-order valence-electron chi connectivity index (χ2n) is 2.89. The number of carbonyl (C=O) groups excluding carboxylic acids is 1. The Morgan fingerprint density at radius 1 is 1.40 bits per heavy atom. The summed E-state index contributed by atoms with van der Waals surface area (Å²) in [6.45, 7) is 2.39. The number of likely N-dealkylation sites (N-methyl/N-ethyl adjacent to an activating group) is 1. The molecular formula is C11H15NO3. The number of para-hydroxylation sites is 1. The highest BCUT2D eigenvalue weighted by atomic mass is 16.7. The molecule has 1 rings (SSSR count). The van der Waals surface area contributed by atoms with Crippen LogP contribution in [0.1, 0.15) is 6.92 Å². The third-order valence-electron chi connectivity index (χ3n) is 1.77. The Morgan fingerprint density at radius 2 is 2.07 bits per heavy atom. The quantitative estimate of drug-likeness (QED) is 0.740. The summed E-state index contributed by atoms with van der Waals surface area (Å²) in [7, 11) is 1.43. The summed E-state index contributed by atoms with van der Waals surface area (Å²) < 4.78 is 10.3. The van der Waals surface area contributed by atoms with E-state index in [1.54, 1.807) is 12.1 Å². The molecule has 0 aliphatic rings. The van der Waals surface area contributed by atoms with Crippen molar-refractivity contribution >= 4 is 5.91 Å². The number of carbonyl (C=O) groups is 1. The molecule has 1 aromatic rings. The zero-order valence-corrected chi connectivity index (χ0v) is 8.90. The van der Waals surface area contributed by atoms with Crippen LogP contribution in [0.15, 0.2) is 30.3 Å². The molecular weight excluding hydrogens is 194 g/mol. The third-order valence-corrected chi connectivity index (χ3v) is 1.77. The van der Waals surface area contributed by atoms with E-state index in [1.807, 2.05) is 25.1 Å². The van der Waals surface area contributed by atoms with E-state index >= 15 is 0 Å². The van der Waals surface area contributed by atoms with Crippen molar-refractivity contribution in [1.82, 2.24) is 5.32 Å². The molecule has 82 valence electrons. The Bertz CT molecular complexity index is 300. The molecule has 1 amide bonds. The van der Waals surface area contributed by atoms with Crippen LogP contribution in [0, 0.1) is 0 Å². The van der Waals surface area contributed by atoms with Gasteiger partial charge in [-0.25, -0.2) is 0 Å². The highest BCUT2D eigenvalue weighted by Gasteiger charge is 2.18. The Labute approximate surface area is 89.2 Å². The lowest BCUT2D eigenvalue weighted by Crippen LogP contribution is -2.39. The molecule has 0 aromatic heterocycles. The number of nitrogens with one attached hydrogen (secondary N) is 1. The van der Waals surface area contributed by atoms with Crippen molar-refractivity contribution < 1.29 is 14.3 Å². The highest BCUT2D eigenvalue weighted by molar-refractivity contribution is 5.79. The lowest BCUT2D eigenvalue weighted by atomic mass is 10.3. The van der Waals surface area contributed by atoms with Gasteiger partial charge in [0.25, 0.3) is 12.2 Å². The van der Waals surface area contributed by atoms with Crippen LogP contribution in [-0.2, 0) is 9.53 Å². The molecule has 0 saturated heterocycles. The van der Waals surface area contributed by atoms with Gasteiger partial charge in [0, 0.05) is 13.7 Å². The smallest absolute Gasteiger partial charge is 0.289 e. The second-order valence-corrected chi connectivity index (χ2v) is 2.89. The van der Waals surface area contributed by atoms with E-state index in [0.717, 1.165) is 0 Å². The summed E-state index contributed by atoms with van der Waals surface area (Å²) in [5.41, 5.74) is 0. The van der Waals surface area contributed by atoms with Gasteiger partial charge in [0.05, 0.1) is 0 Å². The maximum absolute atomic E-state index is 11.4. The zero-order valence-electron chi connectivity index (χ0n) is 8.90. The van der Waals surface area contributed by atoms with Gasteiger partial charge in [-0.05, 0) is 19.1 Å². The average molecular weight is 209 g/mol. The van der Waals surface area contributed by atoms with Crippen LogP contribution in [0.2, 0.25) is 0 Å². The van der Waals surface area contributed by atoms with E-state index in [-0.39, 0.29) is 5.91 Å². The maximum atomic E-state index is 11.4. The summed E-state index contributed by atoms with van der Waals surface area (Å²) >= 11 is 0. The van der Waals surface area contributed by atoms with Crippen molar-refractivity contribution in [2.75, 3.05) is 13.7 Å². The highest BCUT2D eigenvalue weighted by Crippen LogP contribution is 2.11. The minimum Gasteiger partial charge on any atom is -0.455 e. The number of amides is 1. The number of benzene rings is 1. The molecule has 0 saturated carbocycles. The summed E-state index contributed by atoms with van der Waals surface area (Å²) in [5.74, 6) is 0.333. The maximum Gasteiger partial charge on any atom is 0.289 e. The second kappa shape index (κ2) is 6.03. The Morgan fingerprint density at radius 3 is 2.60 bits per heavy atom. The van der Waals surface area contributed by atoms with Gasteiger partial charge in [-0.3, -0.25) is 4.79 Å². The first-order valence-electron chi connectivity index (χ1n) is 4.80. The topological polar surface area (TPSA) is 47.6 Å². The van der Waals surface area contributed by atoms with Crippen LogP contribution in [-0.4, -0.2) is 25.9 Å². The lowest BCUT2D eigenvalue weighted by Gasteiger charge is -2.16. The number of rotatable bonds is 5. The van der Waals surface area contributed by atoms with Crippen molar-refractivity contribution in [2.24, 2.45) is 0 Å². The van der Waals surface area contributed by atoms with E-state index in [0.29, 0.717) is 12.3 Å². The molecule has 1 N–H and O–H groups in total. The Kier molecular flexibility index (Phi) is 4.63. The Hall–Kier alpha value is -1.55. The van der Waals surface area contributed by atoms with Crippen LogP contribution in [0.25, 0.3) is 0 Å². The summed E-state index contributed by atoms with van der Waals surface area (Å²) in [5, 5.41) is 2.63. The average Bonchev–Trinajstić information content (AvgIpc) is 2.27. The number of hydrogen-bond acceptors (Lipinski definition) is 3. The largest absolute Gasteiger partial charge is 0.455 e. The minimum atomic E-state index is -0.896. The standard InChI is InChI=1S/C11H15NO3/c1-3-12-10(13)11(14-2)15-9-7-5-4-6-8-9/h4-8,11H,3H2,1-2H3,(H,12,13). The fourth-order valence-electron chi connectivity index (χ4n) is 1.09. The lowest BCUT2D eigenvalue weighted by molar-refractivity contribution is -0.147. The van der Waals surface area contributed by atoms with E-state index in [4.69, 9.17) is 9.47 Å². The molecule has 1 unspecified atom stereocenters. The van der Waals surface area contributed by atoms with Gasteiger partial charge >= 0.3 is 0 Å². The summed E-state index contributed by atoms with van der Waals surface area (Å²) in [4.78, 5) is 11.4. The number of methoxy groups -OCH3 is 1. The van der Waals surface area contributed by atoms with Gasteiger partial charge in [0.2, 0.25) is 0 Å². The van der Waals surface area contributed by atoms with Crippen LogP contribution >= 0.6 is 0 Å². The van der Waals surface area contributed by atoms with Crippen molar-refractivity contribution in [3.8, 4) is 5.75 Å². The minimum absolute atomic E-state index is 0.274. The predicted octanol–water partition coefficient (Wildman–Crippen LogP) is 1.17. The van der Waals surface area contributed by atoms with E-state index in [2.05, 4.69) is 5.32 Å². The predicted molar refractivity (Wildman–Crippen MR) is 56.6 cm³/mol. The first kappa shape index (κ1) is 11.5. The first-order chi connectivity index (χ1) is 7.27. The van der Waals surface area contributed by atoms with Crippen molar-refractivity contribution in [3.63, 3.8) is 0 Å². The molecule has 1 atom stereocenters. The molecule has 0 radical (unpaired) electrons. The SMILES string of the molecule is CCNC(=O)C(OC)Oc1ccccc1. The number of ether oxygens (including phenoxy) is 2. The summed E-state index contributed by atoms with van der Waals surface area (Å²) in [6, 6.07) is 9.08. The van der Waals surface area contributed by atoms with E-state index < -0.39 is 6.29 Å². The fourth-order valence-corrected chi connectivity index (χ4v) is 1.09. The molecule has 4 heteroatoms. The van der Waals surface area contributed by atoms with Crippen LogP contribution in [0.3, 0.4) is 0 Å². The van der Waals surface area contributed by atoms with Crippen molar-refractivity contribution in [1.29, 1.82) is 0 Å². The van der Waals surface area contributed by atoms with Crippen LogP contribution in [0.5, 0.6) is 5.75 Å². The molecule has 0 bridgehead atoms. The molecule has 1 aromatic carbocycles. The number of hydrogen-bond donors (Lipinski definition) is 1. The van der Waals surface area contributed by atoms with E-state index in [1.165, 1.54) is 7.11 Å². The monoisotopic (exact) mass is 209 g/mol. The molecule has 0 aliphatic heterocycles. The van der Waals surface area contributed by atoms with Gasteiger partial charge < -0.3 is 14.8 Å². The molecule has 15 heavy (non-hydrogen) atoms. The van der Waals surface area contributed by atoms with E-state index in [9.17, 15) is 4.79 Å². The zero-order chi connectivity index (χ0) is 11.1. The normalized spacial score (nSPS) is 11.9. The van der Waals surface area contributed by atoms with Crippen LogP contribution < -0.4 is 10.1 Å². The van der Waals surface area contributed by atoms with Crippen molar-refractivity contribution in [3.05, 3.63) is 30.3 Å². The molecule has 0 aliphatic carbocycles. The first-order valence-corrected chi connectivity index (χ1v) is 4.80. The van der Waals surface area contributed by atoms with Gasteiger partial charge in [0.15, 0.2) is 0 Å².